The Morgan fingerprint density at radius 3 is 2.31 bits per heavy atom. The zero-order valence-corrected chi connectivity index (χ0v) is 24.2. The van der Waals surface area contributed by atoms with E-state index in [0.29, 0.717) is 25.4 Å². The lowest BCUT2D eigenvalue weighted by Gasteiger charge is -2.49. The summed E-state index contributed by atoms with van der Waals surface area (Å²) in [5.74, 6) is 1.85. The molecule has 0 spiro atoms. The van der Waals surface area contributed by atoms with E-state index in [1.54, 1.807) is 19.1 Å². The summed E-state index contributed by atoms with van der Waals surface area (Å²) in [5.41, 5.74) is 1.92. The van der Waals surface area contributed by atoms with Crippen molar-refractivity contribution >= 4 is 12.0 Å². The molecule has 212 valence electrons. The molecule has 0 N–H and O–H groups in total. The first-order valence-corrected chi connectivity index (χ1v) is 14.2. The van der Waals surface area contributed by atoms with Crippen molar-refractivity contribution in [3.05, 3.63) is 59.7 Å². The Balaban J connectivity index is 1.47. The topological polar surface area (TPSA) is 68.3 Å². The monoisotopic (exact) mass is 536 g/mol. The molecule has 2 saturated heterocycles. The molecule has 3 atom stereocenters. The maximum atomic E-state index is 13.7. The highest BCUT2D eigenvalue weighted by molar-refractivity contribution is 5.87. The third-order valence-corrected chi connectivity index (χ3v) is 7.83. The van der Waals surface area contributed by atoms with Gasteiger partial charge in [-0.2, -0.15) is 0 Å². The number of amides is 2. The van der Waals surface area contributed by atoms with Gasteiger partial charge in [-0.3, -0.25) is 9.69 Å². The van der Waals surface area contributed by atoms with Crippen molar-refractivity contribution in [2.24, 2.45) is 5.92 Å². The van der Waals surface area contributed by atoms with Gasteiger partial charge >= 0.3 is 6.09 Å². The van der Waals surface area contributed by atoms with Gasteiger partial charge in [0.25, 0.3) is 0 Å². The first-order chi connectivity index (χ1) is 18.7. The Labute approximate surface area is 233 Å². The predicted octanol–water partition coefficient (Wildman–Crippen LogP) is 5.89. The van der Waals surface area contributed by atoms with Gasteiger partial charge in [0, 0.05) is 13.1 Å². The lowest BCUT2D eigenvalue weighted by molar-refractivity contribution is -0.148. The molecule has 39 heavy (non-hydrogen) atoms. The second kappa shape index (κ2) is 12.8. The second-order valence-corrected chi connectivity index (χ2v) is 11.8. The molecule has 7 heteroatoms. The fraction of sp³-hybridized carbons (Fsp3) is 0.562. The van der Waals surface area contributed by atoms with Gasteiger partial charge < -0.3 is 19.1 Å². The molecule has 3 unspecified atom stereocenters. The number of piperazine rings is 1. The Bertz CT molecular complexity index is 1110. The zero-order chi connectivity index (χ0) is 28.0. The van der Waals surface area contributed by atoms with Crippen LogP contribution in [0.4, 0.5) is 4.79 Å². The Morgan fingerprint density at radius 1 is 0.949 bits per heavy atom. The molecule has 2 fully saturated rings. The van der Waals surface area contributed by atoms with Crippen molar-refractivity contribution in [3.8, 4) is 11.5 Å². The van der Waals surface area contributed by atoms with Gasteiger partial charge in [-0.25, -0.2) is 4.79 Å². The normalized spacial score (nSPS) is 20.0. The van der Waals surface area contributed by atoms with E-state index >= 15 is 0 Å². The summed E-state index contributed by atoms with van der Waals surface area (Å²) in [6.07, 6.45) is 6.01. The van der Waals surface area contributed by atoms with Gasteiger partial charge in [-0.15, -0.1) is 0 Å². The van der Waals surface area contributed by atoms with E-state index in [-0.39, 0.29) is 18.0 Å². The van der Waals surface area contributed by atoms with Crippen LogP contribution >= 0.6 is 0 Å². The summed E-state index contributed by atoms with van der Waals surface area (Å²) in [5, 5.41) is 0. The molecule has 7 nitrogen and oxygen atoms in total. The summed E-state index contributed by atoms with van der Waals surface area (Å²) in [6, 6.07) is 16.2. The minimum atomic E-state index is -0.585. The maximum Gasteiger partial charge on any atom is 0.411 e. The fourth-order valence-corrected chi connectivity index (χ4v) is 5.87. The van der Waals surface area contributed by atoms with Crippen molar-refractivity contribution in [2.45, 2.75) is 83.4 Å². The summed E-state index contributed by atoms with van der Waals surface area (Å²) in [6.45, 7) is 6.89. The van der Waals surface area contributed by atoms with Crippen LogP contribution in [0.3, 0.4) is 0 Å². The van der Waals surface area contributed by atoms with Crippen molar-refractivity contribution < 1.29 is 23.8 Å². The van der Waals surface area contributed by atoms with E-state index in [0.717, 1.165) is 50.0 Å². The maximum absolute atomic E-state index is 13.7. The first-order valence-electron chi connectivity index (χ1n) is 14.2. The molecule has 2 aromatic carbocycles. The minimum Gasteiger partial charge on any atom is -0.493 e. The number of hydrogen-bond acceptors (Lipinski definition) is 5. The predicted molar refractivity (Wildman–Crippen MR) is 152 cm³/mol. The van der Waals surface area contributed by atoms with Crippen LogP contribution in [0, 0.1) is 5.92 Å². The van der Waals surface area contributed by atoms with E-state index in [2.05, 4.69) is 30.3 Å². The molecule has 2 heterocycles. The number of methoxy groups -OCH3 is 2. The van der Waals surface area contributed by atoms with E-state index in [1.807, 2.05) is 43.9 Å². The van der Waals surface area contributed by atoms with Gasteiger partial charge in [0.15, 0.2) is 11.5 Å². The molecule has 2 amide bonds. The van der Waals surface area contributed by atoms with Crippen LogP contribution in [-0.4, -0.2) is 66.8 Å². The van der Waals surface area contributed by atoms with Crippen molar-refractivity contribution in [1.29, 1.82) is 0 Å². The number of carbonyl (C=O) groups is 2. The third kappa shape index (κ3) is 7.46. The number of hydrogen-bond donors (Lipinski definition) is 0. The fourth-order valence-electron chi connectivity index (χ4n) is 5.87. The molecule has 4 rings (SSSR count). The Kier molecular flexibility index (Phi) is 9.41. The molecule has 2 aliphatic heterocycles. The van der Waals surface area contributed by atoms with E-state index in [4.69, 9.17) is 14.2 Å². The van der Waals surface area contributed by atoms with Gasteiger partial charge in [0.1, 0.15) is 11.6 Å². The lowest BCUT2D eigenvalue weighted by atomic mass is 9.88. The molecule has 0 saturated carbocycles. The van der Waals surface area contributed by atoms with Crippen LogP contribution in [-0.2, 0) is 22.4 Å². The van der Waals surface area contributed by atoms with Gasteiger partial charge in [0.05, 0.1) is 20.3 Å². The lowest BCUT2D eigenvalue weighted by Crippen LogP contribution is -2.66. The van der Waals surface area contributed by atoms with Crippen LogP contribution < -0.4 is 9.47 Å². The van der Waals surface area contributed by atoms with E-state index < -0.39 is 11.6 Å². The van der Waals surface area contributed by atoms with E-state index in [1.165, 1.54) is 11.1 Å². The number of likely N-dealkylation sites (tertiary alicyclic amines) is 1. The van der Waals surface area contributed by atoms with E-state index in [9.17, 15) is 9.59 Å². The largest absolute Gasteiger partial charge is 0.493 e. The summed E-state index contributed by atoms with van der Waals surface area (Å²) < 4.78 is 16.6. The van der Waals surface area contributed by atoms with Gasteiger partial charge in [-0.1, -0.05) is 36.4 Å². The Hall–Kier alpha value is -3.22. The van der Waals surface area contributed by atoms with Crippen molar-refractivity contribution in [3.63, 3.8) is 0 Å². The highest BCUT2D eigenvalue weighted by Crippen LogP contribution is 2.33. The summed E-state index contributed by atoms with van der Waals surface area (Å²) in [4.78, 5) is 30.5. The van der Waals surface area contributed by atoms with Crippen molar-refractivity contribution in [1.82, 2.24) is 9.80 Å². The van der Waals surface area contributed by atoms with Crippen LogP contribution in [0.25, 0.3) is 0 Å². The average molecular weight is 537 g/mol. The average Bonchev–Trinajstić information content (AvgIpc) is 2.92. The number of nitrogens with zero attached hydrogens (tertiary/aromatic N) is 2. The van der Waals surface area contributed by atoms with Gasteiger partial charge in [-0.05, 0) is 94.9 Å². The zero-order valence-electron chi connectivity index (χ0n) is 24.2. The van der Waals surface area contributed by atoms with Crippen LogP contribution in [0.1, 0.15) is 64.0 Å². The standard InChI is InChI=1S/C32H44N2O5/c1-32(2,3)39-31(36)34-26-12-9-13-27(34)30(35)33(22-26)21-25(16-14-23-10-7-6-8-11-23)17-15-24-18-19-28(37-4)29(20-24)38-5/h6-8,10-11,18-20,25-27H,9,12-17,21-22H2,1-5H3. The summed E-state index contributed by atoms with van der Waals surface area (Å²) in [7, 11) is 3.30. The molecule has 0 aliphatic carbocycles. The molecule has 0 radical (unpaired) electrons. The Morgan fingerprint density at radius 2 is 1.64 bits per heavy atom. The quantitative estimate of drug-likeness (QED) is 0.379. The molecule has 2 aromatic rings. The smallest absolute Gasteiger partial charge is 0.411 e. The molecule has 2 bridgehead atoms. The summed E-state index contributed by atoms with van der Waals surface area (Å²) >= 11 is 0. The molecule has 2 aliphatic rings. The number of ether oxygens (including phenoxy) is 3. The number of fused-ring (bicyclic) bond motifs is 2. The number of carbonyl (C=O) groups excluding carboxylic acids is 2. The van der Waals surface area contributed by atoms with Crippen LogP contribution in [0.2, 0.25) is 0 Å². The minimum absolute atomic E-state index is 0.0110. The second-order valence-electron chi connectivity index (χ2n) is 11.8. The number of piperidine rings is 1. The third-order valence-electron chi connectivity index (χ3n) is 7.83. The van der Waals surface area contributed by atoms with Crippen molar-refractivity contribution in [2.75, 3.05) is 27.3 Å². The SMILES string of the molecule is COc1ccc(CCC(CCc2ccccc2)CN2CC3CCCC(C2=O)N3C(=O)OC(C)(C)C)cc1OC. The number of benzene rings is 2. The van der Waals surface area contributed by atoms with Crippen LogP contribution in [0.5, 0.6) is 11.5 Å². The number of rotatable bonds is 10. The highest BCUT2D eigenvalue weighted by Gasteiger charge is 2.47. The molecule has 0 aromatic heterocycles. The van der Waals surface area contributed by atoms with Gasteiger partial charge in [0.2, 0.25) is 5.91 Å². The molecular weight excluding hydrogens is 492 g/mol. The molecular formula is C32H44N2O5. The highest BCUT2D eigenvalue weighted by atomic mass is 16.6. The first kappa shape index (κ1) is 28.8. The number of aryl methyl sites for hydroxylation is 2. The van der Waals surface area contributed by atoms with Crippen LogP contribution in [0.15, 0.2) is 48.5 Å².